The number of ether oxygens (including phenoxy) is 1. The Bertz CT molecular complexity index is 1110. The molecule has 7 heteroatoms. The first-order valence-electron chi connectivity index (χ1n) is 9.33. The quantitative estimate of drug-likeness (QED) is 0.238. The minimum absolute atomic E-state index is 0.168. The topological polar surface area (TPSA) is 63.6 Å². The van der Waals surface area contributed by atoms with Gasteiger partial charge >= 0.3 is 0 Å². The Labute approximate surface area is 182 Å². The second kappa shape index (κ2) is 10.0. The third-order valence-electron chi connectivity index (χ3n) is 4.13. The second-order valence-corrected chi connectivity index (χ2v) is 8.63. The highest BCUT2D eigenvalue weighted by molar-refractivity contribution is 8.01. The van der Waals surface area contributed by atoms with Crippen molar-refractivity contribution >= 4 is 45.4 Å². The van der Waals surface area contributed by atoms with Gasteiger partial charge in [-0.1, -0.05) is 54.2 Å². The molecule has 0 aliphatic carbocycles. The number of hydrazone groups is 1. The summed E-state index contributed by atoms with van der Waals surface area (Å²) in [4.78, 5) is 16.5. The number of hydrogen-bond donors (Lipinski definition) is 1. The summed E-state index contributed by atoms with van der Waals surface area (Å²) in [6, 6.07) is 25.5. The standard InChI is InChI=1S/C23H19N3O2S2/c27-22(16-29-23-25-20-8-4-5-9-21(20)30-23)26-24-14-17-10-12-19(13-11-17)28-15-18-6-2-1-3-7-18/h1-14H,15-16H2,(H,26,27). The SMILES string of the molecule is O=C(CSc1nc2ccccc2s1)NN=Cc1ccc(OCc2ccccc2)cc1. The van der Waals surface area contributed by atoms with E-state index in [0.29, 0.717) is 6.61 Å². The summed E-state index contributed by atoms with van der Waals surface area (Å²) < 4.78 is 7.76. The number of fused-ring (bicyclic) bond motifs is 1. The molecule has 4 aromatic rings. The van der Waals surface area contributed by atoms with Gasteiger partial charge in [0.25, 0.3) is 5.91 Å². The first-order valence-corrected chi connectivity index (χ1v) is 11.1. The van der Waals surface area contributed by atoms with Crippen LogP contribution in [0.25, 0.3) is 10.2 Å². The van der Waals surface area contributed by atoms with E-state index in [9.17, 15) is 4.79 Å². The van der Waals surface area contributed by atoms with Crippen LogP contribution in [0.1, 0.15) is 11.1 Å². The highest BCUT2D eigenvalue weighted by Gasteiger charge is 2.07. The van der Waals surface area contributed by atoms with E-state index in [-0.39, 0.29) is 11.7 Å². The van der Waals surface area contributed by atoms with Crippen LogP contribution in [0.3, 0.4) is 0 Å². The lowest BCUT2D eigenvalue weighted by atomic mass is 10.2. The number of thiazole rings is 1. The number of rotatable bonds is 8. The van der Waals surface area contributed by atoms with Crippen molar-refractivity contribution in [3.05, 3.63) is 90.0 Å². The molecule has 0 saturated carbocycles. The van der Waals surface area contributed by atoms with E-state index in [4.69, 9.17) is 4.74 Å². The molecule has 0 saturated heterocycles. The first kappa shape index (κ1) is 20.1. The molecule has 3 aromatic carbocycles. The predicted molar refractivity (Wildman–Crippen MR) is 123 cm³/mol. The van der Waals surface area contributed by atoms with Gasteiger partial charge in [0.2, 0.25) is 0 Å². The second-order valence-electron chi connectivity index (χ2n) is 6.37. The Morgan fingerprint density at radius 3 is 2.60 bits per heavy atom. The number of amides is 1. The zero-order valence-electron chi connectivity index (χ0n) is 16.0. The Kier molecular flexibility index (Phi) is 6.74. The molecule has 1 heterocycles. The maximum absolute atomic E-state index is 12.0. The van der Waals surface area contributed by atoms with E-state index in [1.54, 1.807) is 17.6 Å². The summed E-state index contributed by atoms with van der Waals surface area (Å²) in [7, 11) is 0. The molecule has 1 aromatic heterocycles. The molecule has 0 unspecified atom stereocenters. The van der Waals surface area contributed by atoms with Crippen LogP contribution in [0.4, 0.5) is 0 Å². The minimum atomic E-state index is -0.168. The number of hydrogen-bond acceptors (Lipinski definition) is 6. The highest BCUT2D eigenvalue weighted by atomic mass is 32.2. The van der Waals surface area contributed by atoms with Gasteiger partial charge < -0.3 is 4.74 Å². The third-order valence-corrected chi connectivity index (χ3v) is 6.31. The number of thioether (sulfide) groups is 1. The number of nitrogens with one attached hydrogen (secondary N) is 1. The van der Waals surface area contributed by atoms with Gasteiger partial charge in [0.05, 0.1) is 22.2 Å². The number of para-hydroxylation sites is 1. The molecule has 0 atom stereocenters. The number of aromatic nitrogens is 1. The number of carbonyl (C=O) groups excluding carboxylic acids is 1. The van der Waals surface area contributed by atoms with Gasteiger partial charge in [0.15, 0.2) is 4.34 Å². The third kappa shape index (κ3) is 5.68. The van der Waals surface area contributed by atoms with Crippen LogP contribution < -0.4 is 10.2 Å². The maximum atomic E-state index is 12.0. The van der Waals surface area contributed by atoms with Crippen LogP contribution in [0.15, 0.2) is 88.3 Å². The van der Waals surface area contributed by atoms with Crippen LogP contribution >= 0.6 is 23.1 Å². The predicted octanol–water partition coefficient (Wildman–Crippen LogP) is 5.12. The van der Waals surface area contributed by atoms with E-state index in [2.05, 4.69) is 15.5 Å². The number of benzene rings is 3. The van der Waals surface area contributed by atoms with E-state index in [0.717, 1.165) is 31.4 Å². The largest absolute Gasteiger partial charge is 0.489 e. The first-order chi connectivity index (χ1) is 14.8. The van der Waals surface area contributed by atoms with Crippen LogP contribution in [-0.2, 0) is 11.4 Å². The lowest BCUT2D eigenvalue weighted by molar-refractivity contribution is -0.118. The Morgan fingerprint density at radius 2 is 1.80 bits per heavy atom. The van der Waals surface area contributed by atoms with Gasteiger partial charge in [-0.3, -0.25) is 4.79 Å². The lowest BCUT2D eigenvalue weighted by Crippen LogP contribution is -2.19. The summed E-state index contributed by atoms with van der Waals surface area (Å²) in [5.41, 5.74) is 5.51. The summed E-state index contributed by atoms with van der Waals surface area (Å²) in [5.74, 6) is 0.884. The van der Waals surface area contributed by atoms with E-state index >= 15 is 0 Å². The summed E-state index contributed by atoms with van der Waals surface area (Å²) >= 11 is 3.00. The summed E-state index contributed by atoms with van der Waals surface area (Å²) in [6.07, 6.45) is 1.61. The molecule has 0 aliphatic rings. The molecule has 5 nitrogen and oxygen atoms in total. The molecule has 30 heavy (non-hydrogen) atoms. The Hall–Kier alpha value is -3.16. The van der Waals surface area contributed by atoms with E-state index in [1.807, 2.05) is 78.9 Å². The van der Waals surface area contributed by atoms with Crippen LogP contribution in [0.2, 0.25) is 0 Å². The number of nitrogens with zero attached hydrogens (tertiary/aromatic N) is 2. The molecule has 0 bridgehead atoms. The van der Waals surface area contributed by atoms with Gasteiger partial charge in [-0.05, 0) is 47.5 Å². The van der Waals surface area contributed by atoms with E-state index < -0.39 is 0 Å². The Balaban J connectivity index is 1.22. The average Bonchev–Trinajstić information content (AvgIpc) is 3.21. The van der Waals surface area contributed by atoms with Gasteiger partial charge in [-0.15, -0.1) is 11.3 Å². The fourth-order valence-corrected chi connectivity index (χ4v) is 4.50. The molecule has 0 spiro atoms. The van der Waals surface area contributed by atoms with Crippen molar-refractivity contribution in [3.63, 3.8) is 0 Å². The van der Waals surface area contributed by atoms with Crippen LogP contribution in [-0.4, -0.2) is 22.9 Å². The fourth-order valence-electron chi connectivity index (χ4n) is 2.64. The Morgan fingerprint density at radius 1 is 1.03 bits per heavy atom. The normalized spacial score (nSPS) is 11.1. The molecule has 0 radical (unpaired) electrons. The van der Waals surface area contributed by atoms with Crippen molar-refractivity contribution < 1.29 is 9.53 Å². The molecular formula is C23H19N3O2S2. The van der Waals surface area contributed by atoms with Crippen molar-refractivity contribution in [2.24, 2.45) is 5.10 Å². The van der Waals surface area contributed by atoms with Gasteiger partial charge in [-0.2, -0.15) is 5.10 Å². The van der Waals surface area contributed by atoms with Crippen LogP contribution in [0.5, 0.6) is 5.75 Å². The van der Waals surface area contributed by atoms with Crippen molar-refractivity contribution in [2.75, 3.05) is 5.75 Å². The highest BCUT2D eigenvalue weighted by Crippen LogP contribution is 2.29. The smallest absolute Gasteiger partial charge is 0.250 e. The summed E-state index contributed by atoms with van der Waals surface area (Å²) in [6.45, 7) is 0.524. The van der Waals surface area contributed by atoms with Crippen LogP contribution in [0, 0.1) is 0 Å². The van der Waals surface area contributed by atoms with Crippen molar-refractivity contribution in [3.8, 4) is 5.75 Å². The van der Waals surface area contributed by atoms with Crippen molar-refractivity contribution in [2.45, 2.75) is 10.9 Å². The maximum Gasteiger partial charge on any atom is 0.250 e. The van der Waals surface area contributed by atoms with Gasteiger partial charge in [-0.25, -0.2) is 10.4 Å². The molecular weight excluding hydrogens is 414 g/mol. The molecule has 1 N–H and O–H groups in total. The zero-order valence-corrected chi connectivity index (χ0v) is 17.7. The molecule has 1 amide bonds. The lowest BCUT2D eigenvalue weighted by Gasteiger charge is -2.06. The summed E-state index contributed by atoms with van der Waals surface area (Å²) in [5, 5.41) is 4.02. The zero-order chi connectivity index (χ0) is 20.6. The molecule has 0 aliphatic heterocycles. The molecule has 4 rings (SSSR count). The monoisotopic (exact) mass is 433 g/mol. The minimum Gasteiger partial charge on any atom is -0.489 e. The van der Waals surface area contributed by atoms with Crippen molar-refractivity contribution in [1.29, 1.82) is 0 Å². The molecule has 150 valence electrons. The van der Waals surface area contributed by atoms with Crippen molar-refractivity contribution in [1.82, 2.24) is 10.4 Å². The van der Waals surface area contributed by atoms with E-state index in [1.165, 1.54) is 11.8 Å². The van der Waals surface area contributed by atoms with Gasteiger partial charge in [0, 0.05) is 0 Å². The average molecular weight is 434 g/mol. The fraction of sp³-hybridized carbons (Fsp3) is 0.0870. The van der Waals surface area contributed by atoms with Gasteiger partial charge in [0.1, 0.15) is 12.4 Å². The number of carbonyl (C=O) groups is 1. The molecule has 0 fully saturated rings.